The molecule has 0 unspecified atom stereocenters. The van der Waals surface area contributed by atoms with Crippen LogP contribution in [0, 0.1) is 5.41 Å². The summed E-state index contributed by atoms with van der Waals surface area (Å²) in [6.45, 7) is 1.24. The number of amides is 1. The van der Waals surface area contributed by atoms with Crippen LogP contribution in [-0.2, 0) is 11.2 Å². The van der Waals surface area contributed by atoms with Crippen molar-refractivity contribution in [3.8, 4) is 5.75 Å². The minimum Gasteiger partial charge on any atom is -0.508 e. The number of nitrogens with two attached hydrogens (primary N) is 1. The Kier molecular flexibility index (Phi) is 5.62. The fourth-order valence-electron chi connectivity index (χ4n) is 3.17. The highest BCUT2D eigenvalue weighted by atomic mass is 16.3. The van der Waals surface area contributed by atoms with Gasteiger partial charge in [-0.1, -0.05) is 31.4 Å². The summed E-state index contributed by atoms with van der Waals surface area (Å²) in [7, 11) is 0. The normalized spacial score (nSPS) is 17.4. The molecule has 0 atom stereocenters. The number of phenolic OH excluding ortho intramolecular Hbond substituents is 1. The van der Waals surface area contributed by atoms with Crippen molar-refractivity contribution in [2.75, 3.05) is 13.1 Å². The summed E-state index contributed by atoms with van der Waals surface area (Å²) in [5.41, 5.74) is 7.06. The molecule has 0 aliphatic heterocycles. The fourth-order valence-corrected chi connectivity index (χ4v) is 3.17. The van der Waals surface area contributed by atoms with Crippen molar-refractivity contribution < 1.29 is 9.90 Å². The third-order valence-corrected chi connectivity index (χ3v) is 4.55. The molecule has 1 aromatic carbocycles. The molecule has 0 heterocycles. The van der Waals surface area contributed by atoms with Crippen molar-refractivity contribution in [2.45, 2.75) is 44.9 Å². The zero-order chi connectivity index (χ0) is 15.1. The van der Waals surface area contributed by atoms with Crippen LogP contribution < -0.4 is 11.1 Å². The molecule has 4 N–H and O–H groups in total. The van der Waals surface area contributed by atoms with E-state index in [1.807, 2.05) is 12.1 Å². The SMILES string of the molecule is NCC1(CC(=O)NCCc2ccc(O)cc2)CCCCC1. The molecule has 2 rings (SSSR count). The highest BCUT2D eigenvalue weighted by Gasteiger charge is 2.32. The monoisotopic (exact) mass is 290 g/mol. The topological polar surface area (TPSA) is 75.4 Å². The second kappa shape index (κ2) is 7.46. The Bertz CT molecular complexity index is 450. The zero-order valence-corrected chi connectivity index (χ0v) is 12.6. The molecular weight excluding hydrogens is 264 g/mol. The van der Waals surface area contributed by atoms with E-state index >= 15 is 0 Å². The molecule has 0 aromatic heterocycles. The Labute approximate surface area is 126 Å². The average Bonchev–Trinajstić information content (AvgIpc) is 2.50. The van der Waals surface area contributed by atoms with E-state index in [2.05, 4.69) is 5.32 Å². The molecule has 116 valence electrons. The van der Waals surface area contributed by atoms with Gasteiger partial charge in [0.15, 0.2) is 0 Å². The fraction of sp³-hybridized carbons (Fsp3) is 0.588. The van der Waals surface area contributed by atoms with E-state index in [4.69, 9.17) is 5.73 Å². The second-order valence-electron chi connectivity index (χ2n) is 6.21. The lowest BCUT2D eigenvalue weighted by molar-refractivity contribution is -0.123. The predicted molar refractivity (Wildman–Crippen MR) is 84.0 cm³/mol. The van der Waals surface area contributed by atoms with Gasteiger partial charge in [0, 0.05) is 13.0 Å². The summed E-state index contributed by atoms with van der Waals surface area (Å²) >= 11 is 0. The minimum absolute atomic E-state index is 0.0286. The van der Waals surface area contributed by atoms with Gasteiger partial charge in [-0.05, 0) is 48.9 Å². The van der Waals surface area contributed by atoms with E-state index in [9.17, 15) is 9.90 Å². The number of carbonyl (C=O) groups excluding carboxylic acids is 1. The molecule has 1 aliphatic carbocycles. The van der Waals surface area contributed by atoms with Crippen molar-refractivity contribution >= 4 is 5.91 Å². The van der Waals surface area contributed by atoms with E-state index in [1.165, 1.54) is 19.3 Å². The Morgan fingerprint density at radius 3 is 2.48 bits per heavy atom. The Balaban J connectivity index is 1.75. The Morgan fingerprint density at radius 2 is 1.86 bits per heavy atom. The summed E-state index contributed by atoms with van der Waals surface area (Å²) < 4.78 is 0. The molecular formula is C17H26N2O2. The number of phenols is 1. The second-order valence-corrected chi connectivity index (χ2v) is 6.21. The molecule has 1 aliphatic rings. The molecule has 4 nitrogen and oxygen atoms in total. The van der Waals surface area contributed by atoms with Crippen molar-refractivity contribution in [1.29, 1.82) is 0 Å². The van der Waals surface area contributed by atoms with E-state index in [0.717, 1.165) is 24.8 Å². The Morgan fingerprint density at radius 1 is 1.19 bits per heavy atom. The maximum Gasteiger partial charge on any atom is 0.220 e. The van der Waals surface area contributed by atoms with Gasteiger partial charge < -0.3 is 16.2 Å². The molecule has 1 saturated carbocycles. The quantitative estimate of drug-likeness (QED) is 0.753. The standard InChI is InChI=1S/C17H26N2O2/c18-13-17(9-2-1-3-10-17)12-16(21)19-11-8-14-4-6-15(20)7-5-14/h4-7,20H,1-3,8-13,18H2,(H,19,21). The van der Waals surface area contributed by atoms with Crippen LogP contribution in [0.15, 0.2) is 24.3 Å². The molecule has 1 fully saturated rings. The van der Waals surface area contributed by atoms with Crippen molar-refractivity contribution in [2.24, 2.45) is 11.1 Å². The molecule has 0 bridgehead atoms. The van der Waals surface area contributed by atoms with Gasteiger partial charge in [-0.15, -0.1) is 0 Å². The molecule has 1 amide bonds. The van der Waals surface area contributed by atoms with Gasteiger partial charge in [-0.2, -0.15) is 0 Å². The minimum atomic E-state index is 0.0286. The summed E-state index contributed by atoms with van der Waals surface area (Å²) in [4.78, 5) is 12.1. The van der Waals surface area contributed by atoms with E-state index in [-0.39, 0.29) is 17.1 Å². The van der Waals surface area contributed by atoms with E-state index < -0.39 is 0 Å². The van der Waals surface area contributed by atoms with Crippen LogP contribution in [0.2, 0.25) is 0 Å². The van der Waals surface area contributed by atoms with Crippen LogP contribution >= 0.6 is 0 Å². The Hall–Kier alpha value is -1.55. The number of hydrogen-bond donors (Lipinski definition) is 3. The van der Waals surface area contributed by atoms with E-state index in [1.54, 1.807) is 12.1 Å². The lowest BCUT2D eigenvalue weighted by atomic mass is 9.71. The predicted octanol–water partition coefficient (Wildman–Crippen LogP) is 2.35. The first-order chi connectivity index (χ1) is 10.1. The van der Waals surface area contributed by atoms with Gasteiger partial charge in [0.05, 0.1) is 0 Å². The van der Waals surface area contributed by atoms with Gasteiger partial charge in [0.25, 0.3) is 0 Å². The van der Waals surface area contributed by atoms with Crippen LogP contribution in [-0.4, -0.2) is 24.1 Å². The summed E-state index contributed by atoms with van der Waals surface area (Å²) in [5.74, 6) is 0.381. The molecule has 4 heteroatoms. The maximum atomic E-state index is 12.1. The van der Waals surface area contributed by atoms with Gasteiger partial charge >= 0.3 is 0 Å². The highest BCUT2D eigenvalue weighted by molar-refractivity contribution is 5.76. The van der Waals surface area contributed by atoms with Gasteiger partial charge in [0.1, 0.15) is 5.75 Å². The highest BCUT2D eigenvalue weighted by Crippen LogP contribution is 2.38. The number of rotatable bonds is 6. The number of benzene rings is 1. The third-order valence-electron chi connectivity index (χ3n) is 4.55. The number of aromatic hydroxyl groups is 1. The average molecular weight is 290 g/mol. The number of hydrogen-bond acceptors (Lipinski definition) is 3. The van der Waals surface area contributed by atoms with Gasteiger partial charge in [0.2, 0.25) is 5.91 Å². The van der Waals surface area contributed by atoms with Crippen LogP contribution in [0.25, 0.3) is 0 Å². The van der Waals surface area contributed by atoms with Crippen LogP contribution in [0.5, 0.6) is 5.75 Å². The van der Waals surface area contributed by atoms with E-state index in [0.29, 0.717) is 19.5 Å². The number of carbonyl (C=O) groups is 1. The van der Waals surface area contributed by atoms with Crippen molar-refractivity contribution in [1.82, 2.24) is 5.32 Å². The third kappa shape index (κ3) is 4.74. The van der Waals surface area contributed by atoms with Crippen LogP contribution in [0.4, 0.5) is 0 Å². The number of nitrogens with one attached hydrogen (secondary N) is 1. The van der Waals surface area contributed by atoms with Gasteiger partial charge in [-0.3, -0.25) is 4.79 Å². The van der Waals surface area contributed by atoms with Crippen molar-refractivity contribution in [3.05, 3.63) is 29.8 Å². The molecule has 0 saturated heterocycles. The maximum absolute atomic E-state index is 12.1. The first-order valence-corrected chi connectivity index (χ1v) is 7.88. The van der Waals surface area contributed by atoms with Crippen LogP contribution in [0.1, 0.15) is 44.1 Å². The summed E-state index contributed by atoms with van der Waals surface area (Å²) in [5, 5.41) is 12.2. The smallest absolute Gasteiger partial charge is 0.220 e. The largest absolute Gasteiger partial charge is 0.508 e. The zero-order valence-electron chi connectivity index (χ0n) is 12.6. The molecule has 1 aromatic rings. The van der Waals surface area contributed by atoms with Gasteiger partial charge in [-0.25, -0.2) is 0 Å². The molecule has 21 heavy (non-hydrogen) atoms. The van der Waals surface area contributed by atoms with Crippen LogP contribution in [0.3, 0.4) is 0 Å². The lowest BCUT2D eigenvalue weighted by Crippen LogP contribution is -2.39. The molecule has 0 radical (unpaired) electrons. The molecule has 0 spiro atoms. The lowest BCUT2D eigenvalue weighted by Gasteiger charge is -2.35. The first-order valence-electron chi connectivity index (χ1n) is 7.88. The summed E-state index contributed by atoms with van der Waals surface area (Å²) in [6, 6.07) is 7.10. The first kappa shape index (κ1) is 15.8. The van der Waals surface area contributed by atoms with Crippen molar-refractivity contribution in [3.63, 3.8) is 0 Å². The summed E-state index contributed by atoms with van der Waals surface area (Å²) in [6.07, 6.45) is 7.14.